The summed E-state index contributed by atoms with van der Waals surface area (Å²) in [6.45, 7) is 5.17. The predicted molar refractivity (Wildman–Crippen MR) is 62.6 cm³/mol. The van der Waals surface area contributed by atoms with Crippen LogP contribution < -0.4 is 0 Å². The summed E-state index contributed by atoms with van der Waals surface area (Å²) in [5.74, 6) is 0.416. The first-order valence-electron chi connectivity index (χ1n) is 6.13. The van der Waals surface area contributed by atoms with Crippen molar-refractivity contribution in [3.8, 4) is 0 Å². The number of hydrogen-bond acceptors (Lipinski definition) is 4. The molecule has 16 heavy (non-hydrogen) atoms. The molecule has 1 fully saturated rings. The lowest BCUT2D eigenvalue weighted by Gasteiger charge is -2.25. The predicted octanol–water partition coefficient (Wildman–Crippen LogP) is 1.09. The van der Waals surface area contributed by atoms with Gasteiger partial charge in [-0.2, -0.15) is 0 Å². The smallest absolute Gasteiger partial charge is 0.135 e. The van der Waals surface area contributed by atoms with Gasteiger partial charge in [0, 0.05) is 39.6 Å². The van der Waals surface area contributed by atoms with Crippen LogP contribution in [0.3, 0.4) is 0 Å². The Morgan fingerprint density at radius 3 is 2.56 bits per heavy atom. The highest BCUT2D eigenvalue weighted by molar-refractivity contribution is 5.79. The zero-order chi connectivity index (χ0) is 11.6. The number of methoxy groups -OCH3 is 1. The zero-order valence-electron chi connectivity index (χ0n) is 10.2. The molecule has 0 spiro atoms. The minimum atomic E-state index is 0.416. The van der Waals surface area contributed by atoms with Crippen LogP contribution in [-0.4, -0.2) is 57.2 Å². The van der Waals surface area contributed by atoms with Gasteiger partial charge in [0.25, 0.3) is 0 Å². The molecular weight excluding hydrogens is 206 g/mol. The van der Waals surface area contributed by atoms with Crippen LogP contribution in [-0.2, 0) is 14.3 Å². The summed E-state index contributed by atoms with van der Waals surface area (Å²) in [6, 6.07) is 0. The van der Waals surface area contributed by atoms with Crippen LogP contribution in [0.1, 0.15) is 25.7 Å². The molecule has 1 heterocycles. The monoisotopic (exact) mass is 229 g/mol. The number of hydrogen-bond donors (Lipinski definition) is 0. The Kier molecular flexibility index (Phi) is 7.38. The Bertz CT molecular complexity index is 187. The first-order chi connectivity index (χ1) is 7.83. The van der Waals surface area contributed by atoms with Crippen molar-refractivity contribution >= 4 is 5.78 Å². The highest BCUT2D eigenvalue weighted by Crippen LogP contribution is 2.06. The SMILES string of the molecule is COCCOCCCCN1CCC(=O)CC1. The largest absolute Gasteiger partial charge is 0.382 e. The Labute approximate surface area is 97.9 Å². The number of nitrogens with zero attached hydrogens (tertiary/aromatic N) is 1. The molecule has 0 N–H and O–H groups in total. The molecule has 0 bridgehead atoms. The number of rotatable bonds is 8. The van der Waals surface area contributed by atoms with Gasteiger partial charge in [-0.15, -0.1) is 0 Å². The van der Waals surface area contributed by atoms with Crippen LogP contribution in [0, 0.1) is 0 Å². The second-order valence-corrected chi connectivity index (χ2v) is 4.19. The van der Waals surface area contributed by atoms with E-state index in [0.717, 1.165) is 51.9 Å². The van der Waals surface area contributed by atoms with E-state index in [1.54, 1.807) is 7.11 Å². The normalized spacial score (nSPS) is 17.9. The summed E-state index contributed by atoms with van der Waals surface area (Å²) in [6.07, 6.45) is 3.73. The summed E-state index contributed by atoms with van der Waals surface area (Å²) < 4.78 is 10.3. The third-order valence-electron chi connectivity index (χ3n) is 2.86. The van der Waals surface area contributed by atoms with Crippen molar-refractivity contribution in [2.45, 2.75) is 25.7 Å². The van der Waals surface area contributed by atoms with Crippen molar-refractivity contribution in [1.29, 1.82) is 0 Å². The third kappa shape index (κ3) is 6.20. The van der Waals surface area contributed by atoms with Crippen molar-refractivity contribution < 1.29 is 14.3 Å². The van der Waals surface area contributed by atoms with E-state index in [1.165, 1.54) is 0 Å². The molecular formula is C12H23NO3. The van der Waals surface area contributed by atoms with Gasteiger partial charge in [0.1, 0.15) is 5.78 Å². The minimum absolute atomic E-state index is 0.416. The lowest BCUT2D eigenvalue weighted by Crippen LogP contribution is -2.34. The molecule has 0 aliphatic carbocycles. The molecule has 4 heteroatoms. The number of ether oxygens (including phenoxy) is 2. The molecule has 0 aromatic rings. The second-order valence-electron chi connectivity index (χ2n) is 4.19. The van der Waals surface area contributed by atoms with Gasteiger partial charge >= 0.3 is 0 Å². The Hall–Kier alpha value is -0.450. The highest BCUT2D eigenvalue weighted by Gasteiger charge is 2.14. The highest BCUT2D eigenvalue weighted by atomic mass is 16.5. The molecule has 1 saturated heterocycles. The third-order valence-corrected chi connectivity index (χ3v) is 2.86. The molecule has 4 nitrogen and oxygen atoms in total. The van der Waals surface area contributed by atoms with Crippen LogP contribution in [0.2, 0.25) is 0 Å². The Balaban J connectivity index is 1.85. The van der Waals surface area contributed by atoms with Gasteiger partial charge in [-0.25, -0.2) is 0 Å². The first kappa shape index (κ1) is 13.6. The van der Waals surface area contributed by atoms with Crippen molar-refractivity contribution in [1.82, 2.24) is 4.90 Å². The van der Waals surface area contributed by atoms with Gasteiger partial charge in [-0.1, -0.05) is 0 Å². The van der Waals surface area contributed by atoms with Crippen molar-refractivity contribution in [2.24, 2.45) is 0 Å². The number of ketones is 1. The van der Waals surface area contributed by atoms with E-state index in [9.17, 15) is 4.79 Å². The van der Waals surface area contributed by atoms with E-state index in [1.807, 2.05) is 0 Å². The second kappa shape index (κ2) is 8.67. The number of carbonyl (C=O) groups is 1. The fourth-order valence-electron chi connectivity index (χ4n) is 1.81. The van der Waals surface area contributed by atoms with Crippen LogP contribution in [0.25, 0.3) is 0 Å². The van der Waals surface area contributed by atoms with Crippen LogP contribution in [0.5, 0.6) is 0 Å². The topological polar surface area (TPSA) is 38.8 Å². The number of piperidine rings is 1. The zero-order valence-corrected chi connectivity index (χ0v) is 10.2. The molecule has 1 aliphatic rings. The van der Waals surface area contributed by atoms with Crippen molar-refractivity contribution in [3.05, 3.63) is 0 Å². The van der Waals surface area contributed by atoms with E-state index in [4.69, 9.17) is 9.47 Å². The van der Waals surface area contributed by atoms with Crippen LogP contribution in [0.4, 0.5) is 0 Å². The van der Waals surface area contributed by atoms with Gasteiger partial charge in [-0.05, 0) is 19.4 Å². The molecule has 0 radical (unpaired) electrons. The van der Waals surface area contributed by atoms with Gasteiger partial charge in [0.2, 0.25) is 0 Å². The van der Waals surface area contributed by atoms with Gasteiger partial charge in [0.15, 0.2) is 0 Å². The number of Topliss-reactive ketones (excluding diaryl/α,β-unsaturated/α-hetero) is 1. The molecule has 1 aliphatic heterocycles. The van der Waals surface area contributed by atoms with Crippen LogP contribution in [0.15, 0.2) is 0 Å². The summed E-state index contributed by atoms with van der Waals surface area (Å²) >= 11 is 0. The van der Waals surface area contributed by atoms with E-state index in [0.29, 0.717) is 19.0 Å². The molecule has 1 rings (SSSR count). The molecule has 0 amide bonds. The quantitative estimate of drug-likeness (QED) is 0.584. The molecule has 0 aromatic carbocycles. The summed E-state index contributed by atoms with van der Waals surface area (Å²) in [5.41, 5.74) is 0. The summed E-state index contributed by atoms with van der Waals surface area (Å²) in [7, 11) is 1.68. The van der Waals surface area contributed by atoms with Gasteiger partial charge in [0.05, 0.1) is 13.2 Å². The lowest BCUT2D eigenvalue weighted by atomic mass is 10.1. The molecule has 94 valence electrons. The number of likely N-dealkylation sites (tertiary alicyclic amines) is 1. The lowest BCUT2D eigenvalue weighted by molar-refractivity contribution is -0.121. The van der Waals surface area contributed by atoms with Crippen molar-refractivity contribution in [2.75, 3.05) is 46.6 Å². The molecule has 0 unspecified atom stereocenters. The average molecular weight is 229 g/mol. The maximum atomic E-state index is 11.0. The fraction of sp³-hybridized carbons (Fsp3) is 0.917. The molecule has 0 saturated carbocycles. The minimum Gasteiger partial charge on any atom is -0.382 e. The molecule has 0 aromatic heterocycles. The maximum Gasteiger partial charge on any atom is 0.135 e. The van der Waals surface area contributed by atoms with E-state index >= 15 is 0 Å². The van der Waals surface area contributed by atoms with Gasteiger partial charge < -0.3 is 14.4 Å². The standard InChI is InChI=1S/C12H23NO3/c1-15-10-11-16-9-3-2-6-13-7-4-12(14)5-8-13/h2-11H2,1H3. The Morgan fingerprint density at radius 2 is 1.88 bits per heavy atom. The van der Waals surface area contributed by atoms with Gasteiger partial charge in [-0.3, -0.25) is 4.79 Å². The van der Waals surface area contributed by atoms with E-state index in [-0.39, 0.29) is 0 Å². The van der Waals surface area contributed by atoms with Crippen LogP contribution >= 0.6 is 0 Å². The maximum absolute atomic E-state index is 11.0. The summed E-state index contributed by atoms with van der Waals surface area (Å²) in [5, 5.41) is 0. The fourth-order valence-corrected chi connectivity index (χ4v) is 1.81. The van der Waals surface area contributed by atoms with E-state index < -0.39 is 0 Å². The van der Waals surface area contributed by atoms with Crippen molar-refractivity contribution in [3.63, 3.8) is 0 Å². The number of unbranched alkanes of at least 4 members (excludes halogenated alkanes) is 1. The first-order valence-corrected chi connectivity index (χ1v) is 6.13. The Morgan fingerprint density at radius 1 is 1.12 bits per heavy atom. The molecule has 0 atom stereocenters. The summed E-state index contributed by atoms with van der Waals surface area (Å²) in [4.78, 5) is 13.4. The number of carbonyl (C=O) groups excluding carboxylic acids is 1. The average Bonchev–Trinajstić information content (AvgIpc) is 2.30. The van der Waals surface area contributed by atoms with E-state index in [2.05, 4.69) is 4.90 Å².